The van der Waals surface area contributed by atoms with Crippen molar-refractivity contribution >= 4 is 11.7 Å². The molecular formula is C17H21N3O2. The van der Waals surface area contributed by atoms with Crippen molar-refractivity contribution in [1.29, 1.82) is 0 Å². The molecule has 1 aromatic heterocycles. The van der Waals surface area contributed by atoms with Gasteiger partial charge in [0.2, 0.25) is 0 Å². The second-order valence-corrected chi connectivity index (χ2v) is 4.87. The summed E-state index contributed by atoms with van der Waals surface area (Å²) in [6.45, 7) is 1.97. The second kappa shape index (κ2) is 8.79. The van der Waals surface area contributed by atoms with Crippen molar-refractivity contribution in [3.63, 3.8) is 0 Å². The molecule has 0 spiro atoms. The molecule has 0 aliphatic rings. The van der Waals surface area contributed by atoms with E-state index >= 15 is 0 Å². The van der Waals surface area contributed by atoms with Crippen LogP contribution in [0.4, 0.5) is 5.82 Å². The predicted molar refractivity (Wildman–Crippen MR) is 86.8 cm³/mol. The van der Waals surface area contributed by atoms with Crippen LogP contribution in [0.5, 0.6) is 0 Å². The van der Waals surface area contributed by atoms with Gasteiger partial charge in [0.1, 0.15) is 5.82 Å². The van der Waals surface area contributed by atoms with Crippen LogP contribution in [0.25, 0.3) is 0 Å². The average Bonchev–Trinajstić information content (AvgIpc) is 2.58. The topological polar surface area (TPSA) is 63.2 Å². The molecule has 0 aliphatic carbocycles. The second-order valence-electron chi connectivity index (χ2n) is 4.87. The zero-order valence-corrected chi connectivity index (χ0v) is 12.7. The van der Waals surface area contributed by atoms with E-state index in [9.17, 15) is 4.79 Å². The van der Waals surface area contributed by atoms with E-state index < -0.39 is 0 Å². The third-order valence-corrected chi connectivity index (χ3v) is 3.15. The maximum atomic E-state index is 12.2. The predicted octanol–water partition coefficient (Wildman–Crippen LogP) is 2.46. The highest BCUT2D eigenvalue weighted by Crippen LogP contribution is 2.07. The molecule has 116 valence electrons. The molecule has 0 atom stereocenters. The first-order valence-corrected chi connectivity index (χ1v) is 7.30. The van der Waals surface area contributed by atoms with Crippen molar-refractivity contribution in [2.24, 2.45) is 0 Å². The highest BCUT2D eigenvalue weighted by molar-refractivity contribution is 5.94. The largest absolute Gasteiger partial charge is 0.385 e. The molecule has 0 saturated heterocycles. The zero-order valence-electron chi connectivity index (χ0n) is 12.7. The summed E-state index contributed by atoms with van der Waals surface area (Å²) in [5.74, 6) is 0.592. The number of hydrogen-bond acceptors (Lipinski definition) is 4. The molecule has 2 rings (SSSR count). The van der Waals surface area contributed by atoms with E-state index in [1.54, 1.807) is 25.4 Å². The Bertz CT molecular complexity index is 587. The minimum atomic E-state index is -0.105. The van der Waals surface area contributed by atoms with Gasteiger partial charge in [0, 0.05) is 38.6 Å². The van der Waals surface area contributed by atoms with Crippen molar-refractivity contribution in [2.45, 2.75) is 13.0 Å². The van der Waals surface area contributed by atoms with Crippen molar-refractivity contribution < 1.29 is 9.53 Å². The molecule has 0 saturated carbocycles. The van der Waals surface area contributed by atoms with E-state index in [0.717, 1.165) is 18.5 Å². The summed E-state index contributed by atoms with van der Waals surface area (Å²) in [6, 6.07) is 13.3. The number of carbonyl (C=O) groups is 1. The Morgan fingerprint density at radius 1 is 1.23 bits per heavy atom. The van der Waals surface area contributed by atoms with E-state index in [2.05, 4.69) is 15.6 Å². The summed E-state index contributed by atoms with van der Waals surface area (Å²) < 4.78 is 4.99. The van der Waals surface area contributed by atoms with Crippen molar-refractivity contribution in [2.75, 3.05) is 25.6 Å². The number of carbonyl (C=O) groups excluding carboxylic acids is 1. The van der Waals surface area contributed by atoms with E-state index in [1.807, 2.05) is 30.3 Å². The lowest BCUT2D eigenvalue weighted by atomic mass is 10.2. The zero-order chi connectivity index (χ0) is 15.6. The summed E-state index contributed by atoms with van der Waals surface area (Å²) in [5.41, 5.74) is 1.67. The molecule has 0 bridgehead atoms. The van der Waals surface area contributed by atoms with E-state index in [0.29, 0.717) is 24.5 Å². The minimum absolute atomic E-state index is 0.105. The Kier molecular flexibility index (Phi) is 6.39. The molecule has 5 heteroatoms. The highest BCUT2D eigenvalue weighted by atomic mass is 16.5. The Hall–Kier alpha value is -2.40. The molecule has 1 aromatic carbocycles. The summed E-state index contributed by atoms with van der Waals surface area (Å²) in [5, 5.41) is 6.08. The van der Waals surface area contributed by atoms with Crippen LogP contribution in [0.15, 0.2) is 48.7 Å². The Balaban J connectivity index is 1.86. The SMILES string of the molecule is COCCCNc1cc(C(=O)NCc2ccccc2)ccn1. The Morgan fingerprint density at radius 2 is 2.05 bits per heavy atom. The fourth-order valence-electron chi connectivity index (χ4n) is 1.98. The van der Waals surface area contributed by atoms with Gasteiger partial charge in [-0.05, 0) is 24.1 Å². The van der Waals surface area contributed by atoms with Crippen molar-refractivity contribution in [3.05, 3.63) is 59.8 Å². The number of anilines is 1. The summed E-state index contributed by atoms with van der Waals surface area (Å²) in [4.78, 5) is 16.4. The molecule has 1 heterocycles. The quantitative estimate of drug-likeness (QED) is 0.735. The van der Waals surface area contributed by atoms with Crippen LogP contribution >= 0.6 is 0 Å². The number of rotatable bonds is 8. The van der Waals surface area contributed by atoms with Gasteiger partial charge in [-0.2, -0.15) is 0 Å². The van der Waals surface area contributed by atoms with Gasteiger partial charge in [0.15, 0.2) is 0 Å². The fourth-order valence-corrected chi connectivity index (χ4v) is 1.98. The lowest BCUT2D eigenvalue weighted by Crippen LogP contribution is -2.23. The van der Waals surface area contributed by atoms with Crippen LogP contribution in [-0.4, -0.2) is 31.2 Å². The van der Waals surface area contributed by atoms with Crippen LogP contribution in [0.2, 0.25) is 0 Å². The van der Waals surface area contributed by atoms with Crippen LogP contribution in [0.1, 0.15) is 22.3 Å². The number of nitrogens with zero attached hydrogens (tertiary/aromatic N) is 1. The summed E-state index contributed by atoms with van der Waals surface area (Å²) in [6.07, 6.45) is 2.53. The third-order valence-electron chi connectivity index (χ3n) is 3.15. The maximum absolute atomic E-state index is 12.2. The lowest BCUT2D eigenvalue weighted by molar-refractivity contribution is 0.0951. The van der Waals surface area contributed by atoms with Crippen LogP contribution in [0, 0.1) is 0 Å². The Labute approximate surface area is 130 Å². The first-order chi connectivity index (χ1) is 10.8. The van der Waals surface area contributed by atoms with E-state index in [1.165, 1.54) is 0 Å². The van der Waals surface area contributed by atoms with Crippen molar-refractivity contribution in [1.82, 2.24) is 10.3 Å². The summed E-state index contributed by atoms with van der Waals surface area (Å²) in [7, 11) is 1.68. The Morgan fingerprint density at radius 3 is 2.82 bits per heavy atom. The molecule has 0 aliphatic heterocycles. The highest BCUT2D eigenvalue weighted by Gasteiger charge is 2.06. The van der Waals surface area contributed by atoms with Gasteiger partial charge >= 0.3 is 0 Å². The van der Waals surface area contributed by atoms with Crippen LogP contribution < -0.4 is 10.6 Å². The number of aromatic nitrogens is 1. The number of benzene rings is 1. The van der Waals surface area contributed by atoms with Crippen LogP contribution in [-0.2, 0) is 11.3 Å². The molecular weight excluding hydrogens is 278 g/mol. The van der Waals surface area contributed by atoms with Gasteiger partial charge in [0.05, 0.1) is 0 Å². The van der Waals surface area contributed by atoms with Crippen LogP contribution in [0.3, 0.4) is 0 Å². The van der Waals surface area contributed by atoms with Crippen molar-refractivity contribution in [3.8, 4) is 0 Å². The molecule has 5 nitrogen and oxygen atoms in total. The molecule has 0 fully saturated rings. The number of ether oxygens (including phenoxy) is 1. The van der Waals surface area contributed by atoms with E-state index in [4.69, 9.17) is 4.74 Å². The molecule has 0 radical (unpaired) electrons. The molecule has 22 heavy (non-hydrogen) atoms. The monoisotopic (exact) mass is 299 g/mol. The first kappa shape index (κ1) is 16.0. The van der Waals surface area contributed by atoms with Gasteiger partial charge in [-0.25, -0.2) is 4.98 Å². The number of nitrogens with one attached hydrogen (secondary N) is 2. The summed E-state index contributed by atoms with van der Waals surface area (Å²) >= 11 is 0. The molecule has 2 N–H and O–H groups in total. The third kappa shape index (κ3) is 5.18. The smallest absolute Gasteiger partial charge is 0.251 e. The van der Waals surface area contributed by atoms with Gasteiger partial charge < -0.3 is 15.4 Å². The first-order valence-electron chi connectivity index (χ1n) is 7.30. The number of pyridine rings is 1. The number of hydrogen-bond donors (Lipinski definition) is 2. The average molecular weight is 299 g/mol. The molecule has 2 aromatic rings. The normalized spacial score (nSPS) is 10.2. The van der Waals surface area contributed by atoms with Gasteiger partial charge in [-0.3, -0.25) is 4.79 Å². The fraction of sp³-hybridized carbons (Fsp3) is 0.294. The minimum Gasteiger partial charge on any atom is -0.385 e. The van der Waals surface area contributed by atoms with Gasteiger partial charge in [-0.1, -0.05) is 30.3 Å². The molecule has 0 unspecified atom stereocenters. The van der Waals surface area contributed by atoms with E-state index in [-0.39, 0.29) is 5.91 Å². The number of methoxy groups -OCH3 is 1. The van der Waals surface area contributed by atoms with Gasteiger partial charge in [-0.15, -0.1) is 0 Å². The number of amides is 1. The lowest BCUT2D eigenvalue weighted by Gasteiger charge is -2.08. The maximum Gasteiger partial charge on any atom is 0.251 e. The van der Waals surface area contributed by atoms with Gasteiger partial charge in [0.25, 0.3) is 5.91 Å². The standard InChI is InChI=1S/C17H21N3O2/c1-22-11-5-9-18-16-12-15(8-10-19-16)17(21)20-13-14-6-3-2-4-7-14/h2-4,6-8,10,12H,5,9,11,13H2,1H3,(H,18,19)(H,20,21). The molecule has 1 amide bonds.